The Kier molecular flexibility index (Phi) is 4.02. The summed E-state index contributed by atoms with van der Waals surface area (Å²) in [4.78, 5) is 0. The van der Waals surface area contributed by atoms with Crippen LogP contribution in [0.5, 0.6) is 0 Å². The molecule has 1 unspecified atom stereocenters. The van der Waals surface area contributed by atoms with Gasteiger partial charge in [-0.3, -0.25) is 0 Å². The molecule has 0 aliphatic carbocycles. The summed E-state index contributed by atoms with van der Waals surface area (Å²) >= 11 is 5.04. The zero-order valence-electron chi connectivity index (χ0n) is 9.85. The fourth-order valence-electron chi connectivity index (χ4n) is 1.73. The van der Waals surface area contributed by atoms with Crippen LogP contribution >= 0.6 is 27.3 Å². The van der Waals surface area contributed by atoms with Crippen LogP contribution in [0.15, 0.2) is 39.5 Å². The molecule has 0 radical (unpaired) electrons. The average Bonchev–Trinajstić information content (AvgIpc) is 2.74. The van der Waals surface area contributed by atoms with Gasteiger partial charge < -0.3 is 5.11 Å². The van der Waals surface area contributed by atoms with Crippen LogP contribution in [0.1, 0.15) is 42.6 Å². The Hall–Kier alpha value is -0.640. The van der Waals surface area contributed by atoms with Gasteiger partial charge in [0.1, 0.15) is 6.10 Å². The van der Waals surface area contributed by atoms with Crippen molar-refractivity contribution in [1.29, 1.82) is 0 Å². The lowest BCUT2D eigenvalue weighted by Crippen LogP contribution is -1.99. The molecule has 0 saturated heterocycles. The number of aliphatic hydroxyl groups is 1. The highest BCUT2D eigenvalue weighted by atomic mass is 79.9. The summed E-state index contributed by atoms with van der Waals surface area (Å²) in [5.41, 5.74) is 3.17. The summed E-state index contributed by atoms with van der Waals surface area (Å²) in [6, 6.07) is 8.18. The molecule has 2 aromatic rings. The summed E-state index contributed by atoms with van der Waals surface area (Å²) in [7, 11) is 0. The van der Waals surface area contributed by atoms with Crippen LogP contribution in [-0.4, -0.2) is 5.11 Å². The van der Waals surface area contributed by atoms with Gasteiger partial charge in [-0.25, -0.2) is 0 Å². The molecule has 0 aliphatic heterocycles. The molecule has 0 saturated carbocycles. The third-order valence-corrected chi connectivity index (χ3v) is 4.61. The molecular weight excluding hydrogens is 296 g/mol. The first-order valence-electron chi connectivity index (χ1n) is 5.59. The van der Waals surface area contributed by atoms with Crippen molar-refractivity contribution in [2.75, 3.05) is 0 Å². The summed E-state index contributed by atoms with van der Waals surface area (Å²) in [5, 5.41) is 14.2. The summed E-state index contributed by atoms with van der Waals surface area (Å²) in [5.74, 6) is 0.522. The quantitative estimate of drug-likeness (QED) is 0.870. The van der Waals surface area contributed by atoms with Crippen LogP contribution in [0.4, 0.5) is 0 Å². The molecule has 1 heterocycles. The Morgan fingerprint density at radius 1 is 1.06 bits per heavy atom. The Morgan fingerprint density at radius 3 is 2.12 bits per heavy atom. The fraction of sp³-hybridized carbons (Fsp3) is 0.286. The number of rotatable bonds is 3. The number of benzene rings is 1. The highest BCUT2D eigenvalue weighted by Crippen LogP contribution is 2.31. The van der Waals surface area contributed by atoms with Gasteiger partial charge in [-0.05, 0) is 38.4 Å². The maximum atomic E-state index is 10.3. The third kappa shape index (κ3) is 2.79. The minimum absolute atomic E-state index is 0.522. The SMILES string of the molecule is CC(C)c1ccc(C(O)c2cscc2Br)cc1. The molecular formula is C14H15BrOS. The highest BCUT2D eigenvalue weighted by Gasteiger charge is 2.14. The third-order valence-electron chi connectivity index (χ3n) is 2.86. The Labute approximate surface area is 114 Å². The molecule has 1 atom stereocenters. The molecule has 0 amide bonds. The Bertz CT molecular complexity index is 487. The van der Waals surface area contributed by atoms with E-state index in [2.05, 4.69) is 41.9 Å². The van der Waals surface area contributed by atoms with E-state index in [9.17, 15) is 5.11 Å². The van der Waals surface area contributed by atoms with Crippen LogP contribution in [0, 0.1) is 0 Å². The molecule has 17 heavy (non-hydrogen) atoms. The lowest BCUT2D eigenvalue weighted by Gasteiger charge is -2.12. The van der Waals surface area contributed by atoms with Crippen molar-refractivity contribution in [3.63, 3.8) is 0 Å². The van der Waals surface area contributed by atoms with E-state index in [0.29, 0.717) is 5.92 Å². The number of hydrogen-bond acceptors (Lipinski definition) is 2. The van der Waals surface area contributed by atoms with E-state index < -0.39 is 6.10 Å². The van der Waals surface area contributed by atoms with Crippen molar-refractivity contribution < 1.29 is 5.11 Å². The maximum Gasteiger partial charge on any atom is 0.106 e. The summed E-state index contributed by atoms with van der Waals surface area (Å²) < 4.78 is 0.975. The van der Waals surface area contributed by atoms with Gasteiger partial charge in [0.05, 0.1) is 0 Å². The fourth-order valence-corrected chi connectivity index (χ4v) is 3.26. The second-order valence-electron chi connectivity index (χ2n) is 4.40. The molecule has 1 aromatic carbocycles. The molecule has 1 nitrogen and oxygen atoms in total. The summed E-state index contributed by atoms with van der Waals surface area (Å²) in [6.07, 6.45) is -0.545. The van der Waals surface area contributed by atoms with Gasteiger partial charge in [-0.15, -0.1) is 0 Å². The normalized spacial score (nSPS) is 13.0. The van der Waals surface area contributed by atoms with E-state index in [1.807, 2.05) is 22.9 Å². The van der Waals surface area contributed by atoms with Gasteiger partial charge in [0.15, 0.2) is 0 Å². The monoisotopic (exact) mass is 310 g/mol. The number of thiophene rings is 1. The van der Waals surface area contributed by atoms with Crippen LogP contribution in [0.2, 0.25) is 0 Å². The van der Waals surface area contributed by atoms with Gasteiger partial charge in [0.25, 0.3) is 0 Å². The minimum Gasteiger partial charge on any atom is -0.384 e. The molecule has 1 N–H and O–H groups in total. The number of halogens is 1. The molecule has 0 fully saturated rings. The molecule has 0 spiro atoms. The second-order valence-corrected chi connectivity index (χ2v) is 6.00. The molecule has 90 valence electrons. The lowest BCUT2D eigenvalue weighted by atomic mass is 9.98. The molecule has 0 aliphatic rings. The van der Waals surface area contributed by atoms with Crippen LogP contribution in [-0.2, 0) is 0 Å². The molecule has 3 heteroatoms. The largest absolute Gasteiger partial charge is 0.384 e. The average molecular weight is 311 g/mol. The second kappa shape index (κ2) is 5.34. The first-order valence-corrected chi connectivity index (χ1v) is 7.32. The van der Waals surface area contributed by atoms with E-state index in [1.54, 1.807) is 11.3 Å². The standard InChI is InChI=1S/C14H15BrOS/c1-9(2)10-3-5-11(6-4-10)14(16)12-7-17-8-13(12)15/h3-9,14,16H,1-2H3. The topological polar surface area (TPSA) is 20.2 Å². The Balaban J connectivity index is 2.26. The predicted octanol–water partition coefficient (Wildman–Crippen LogP) is 4.72. The van der Waals surface area contributed by atoms with Crippen molar-refractivity contribution in [2.45, 2.75) is 25.9 Å². The van der Waals surface area contributed by atoms with Crippen molar-refractivity contribution >= 4 is 27.3 Å². The predicted molar refractivity (Wildman–Crippen MR) is 76.6 cm³/mol. The van der Waals surface area contributed by atoms with Crippen LogP contribution in [0.3, 0.4) is 0 Å². The zero-order valence-corrected chi connectivity index (χ0v) is 12.3. The van der Waals surface area contributed by atoms with Gasteiger partial charge in [0, 0.05) is 15.4 Å². The van der Waals surface area contributed by atoms with Crippen molar-refractivity contribution in [2.24, 2.45) is 0 Å². The van der Waals surface area contributed by atoms with E-state index in [-0.39, 0.29) is 0 Å². The first-order chi connectivity index (χ1) is 8.09. The summed E-state index contributed by atoms with van der Waals surface area (Å²) in [6.45, 7) is 4.34. The van der Waals surface area contributed by atoms with E-state index in [4.69, 9.17) is 0 Å². The van der Waals surface area contributed by atoms with Crippen molar-refractivity contribution in [3.8, 4) is 0 Å². The molecule has 1 aromatic heterocycles. The van der Waals surface area contributed by atoms with Gasteiger partial charge in [-0.1, -0.05) is 38.1 Å². The highest BCUT2D eigenvalue weighted by molar-refractivity contribution is 9.10. The maximum absolute atomic E-state index is 10.3. The van der Waals surface area contributed by atoms with Gasteiger partial charge in [0.2, 0.25) is 0 Å². The van der Waals surface area contributed by atoms with Gasteiger partial charge in [-0.2, -0.15) is 11.3 Å². The lowest BCUT2D eigenvalue weighted by molar-refractivity contribution is 0.220. The van der Waals surface area contributed by atoms with E-state index in [1.165, 1.54) is 5.56 Å². The van der Waals surface area contributed by atoms with Gasteiger partial charge >= 0.3 is 0 Å². The van der Waals surface area contributed by atoms with Crippen molar-refractivity contribution in [1.82, 2.24) is 0 Å². The smallest absolute Gasteiger partial charge is 0.106 e. The zero-order chi connectivity index (χ0) is 12.4. The van der Waals surface area contributed by atoms with Crippen LogP contribution < -0.4 is 0 Å². The Morgan fingerprint density at radius 2 is 1.65 bits per heavy atom. The molecule has 2 rings (SSSR count). The van der Waals surface area contributed by atoms with Crippen molar-refractivity contribution in [3.05, 3.63) is 56.2 Å². The number of hydrogen-bond donors (Lipinski definition) is 1. The minimum atomic E-state index is -0.545. The number of aliphatic hydroxyl groups excluding tert-OH is 1. The molecule has 0 bridgehead atoms. The van der Waals surface area contributed by atoms with E-state index >= 15 is 0 Å². The van der Waals surface area contributed by atoms with Crippen LogP contribution in [0.25, 0.3) is 0 Å². The first kappa shape index (κ1) is 12.8. The van der Waals surface area contributed by atoms with E-state index in [0.717, 1.165) is 15.6 Å².